The summed E-state index contributed by atoms with van der Waals surface area (Å²) in [7, 11) is 0. The first kappa shape index (κ1) is 14.1. The van der Waals surface area contributed by atoms with Gasteiger partial charge in [0.25, 0.3) is 0 Å². The zero-order valence-corrected chi connectivity index (χ0v) is 9.78. The van der Waals surface area contributed by atoms with E-state index in [-0.39, 0.29) is 13.0 Å². The summed E-state index contributed by atoms with van der Waals surface area (Å²) in [5.41, 5.74) is 11.6. The van der Waals surface area contributed by atoms with Crippen LogP contribution in [0.15, 0.2) is 30.3 Å². The Balaban J connectivity index is 2.39. The van der Waals surface area contributed by atoms with Gasteiger partial charge < -0.3 is 21.3 Å². The van der Waals surface area contributed by atoms with Crippen LogP contribution in [-0.4, -0.2) is 29.1 Å². The molecule has 0 spiro atoms. The highest BCUT2D eigenvalue weighted by Crippen LogP contribution is 2.03. The van der Waals surface area contributed by atoms with Gasteiger partial charge in [-0.05, 0) is 12.0 Å². The molecule has 1 aromatic rings. The number of carbonyl (C=O) groups is 2. The second kappa shape index (κ2) is 6.73. The number of esters is 1. The molecule has 0 bridgehead atoms. The molecule has 0 radical (unpaired) electrons. The Kier molecular flexibility index (Phi) is 5.29. The maximum Gasteiger partial charge on any atom is 0.323 e. The molecule has 0 heterocycles. The molecule has 0 saturated carbocycles. The minimum absolute atomic E-state index is 0.107. The SMILES string of the molecule is N[C@H](C[C@H](N)C(=O)OCc1ccccc1)C(=O)O. The smallest absolute Gasteiger partial charge is 0.323 e. The van der Waals surface area contributed by atoms with Crippen LogP contribution in [0, 0.1) is 0 Å². The molecule has 1 aromatic carbocycles. The fraction of sp³-hybridized carbons (Fsp3) is 0.333. The van der Waals surface area contributed by atoms with Gasteiger partial charge in [-0.15, -0.1) is 0 Å². The Bertz CT molecular complexity index is 408. The molecular formula is C12H16N2O4. The van der Waals surface area contributed by atoms with Gasteiger partial charge in [-0.1, -0.05) is 30.3 Å². The van der Waals surface area contributed by atoms with Crippen LogP contribution < -0.4 is 11.5 Å². The van der Waals surface area contributed by atoms with E-state index >= 15 is 0 Å². The lowest BCUT2D eigenvalue weighted by molar-refractivity contribution is -0.147. The Morgan fingerprint density at radius 1 is 1.17 bits per heavy atom. The van der Waals surface area contributed by atoms with Crippen molar-refractivity contribution in [2.45, 2.75) is 25.1 Å². The van der Waals surface area contributed by atoms with Crippen molar-refractivity contribution in [2.24, 2.45) is 11.5 Å². The molecule has 0 aromatic heterocycles. The molecule has 0 aliphatic carbocycles. The number of carbonyl (C=O) groups excluding carboxylic acids is 1. The zero-order chi connectivity index (χ0) is 13.5. The Morgan fingerprint density at radius 3 is 2.33 bits per heavy atom. The molecule has 0 amide bonds. The monoisotopic (exact) mass is 252 g/mol. The maximum atomic E-state index is 11.5. The van der Waals surface area contributed by atoms with Gasteiger partial charge in [0.2, 0.25) is 0 Å². The van der Waals surface area contributed by atoms with Crippen molar-refractivity contribution < 1.29 is 19.4 Å². The van der Waals surface area contributed by atoms with Crippen LogP contribution >= 0.6 is 0 Å². The van der Waals surface area contributed by atoms with Gasteiger partial charge in [0.15, 0.2) is 0 Å². The topological polar surface area (TPSA) is 116 Å². The molecule has 6 heteroatoms. The van der Waals surface area contributed by atoms with E-state index in [1.165, 1.54) is 0 Å². The summed E-state index contributed by atoms with van der Waals surface area (Å²) in [6.07, 6.45) is -0.150. The first-order valence-electron chi connectivity index (χ1n) is 5.45. The van der Waals surface area contributed by atoms with Gasteiger partial charge in [-0.25, -0.2) is 0 Å². The van der Waals surface area contributed by atoms with Crippen LogP contribution in [0.5, 0.6) is 0 Å². The van der Waals surface area contributed by atoms with Crippen LogP contribution in [0.2, 0.25) is 0 Å². The predicted octanol–water partition coefficient (Wildman–Crippen LogP) is -0.141. The normalized spacial score (nSPS) is 13.7. The summed E-state index contributed by atoms with van der Waals surface area (Å²) in [6.45, 7) is 0.107. The molecule has 0 aliphatic rings. The van der Waals surface area contributed by atoms with Gasteiger partial charge in [-0.3, -0.25) is 9.59 Å². The number of ether oxygens (including phenoxy) is 1. The minimum atomic E-state index is -1.19. The lowest BCUT2D eigenvalue weighted by Gasteiger charge is -2.13. The zero-order valence-electron chi connectivity index (χ0n) is 9.78. The Morgan fingerprint density at radius 2 is 1.78 bits per heavy atom. The third-order valence-corrected chi connectivity index (χ3v) is 2.35. The summed E-state index contributed by atoms with van der Waals surface area (Å²) in [6, 6.07) is 6.92. The molecule has 5 N–H and O–H groups in total. The largest absolute Gasteiger partial charge is 0.480 e. The Labute approximate surface area is 105 Å². The van der Waals surface area contributed by atoms with Crippen LogP contribution in [-0.2, 0) is 20.9 Å². The lowest BCUT2D eigenvalue weighted by atomic mass is 10.1. The molecule has 0 unspecified atom stereocenters. The Hall–Kier alpha value is -1.92. The summed E-state index contributed by atoms with van der Waals surface area (Å²) < 4.78 is 4.96. The molecule has 0 saturated heterocycles. The van der Waals surface area contributed by atoms with Crippen molar-refractivity contribution in [3.63, 3.8) is 0 Å². The van der Waals surface area contributed by atoms with E-state index in [4.69, 9.17) is 21.3 Å². The van der Waals surface area contributed by atoms with Crippen LogP contribution in [0.1, 0.15) is 12.0 Å². The number of carboxylic acid groups (broad SMARTS) is 1. The standard InChI is InChI=1S/C12H16N2O4/c13-9(11(15)16)6-10(14)12(17)18-7-8-4-2-1-3-5-8/h1-5,9-10H,6-7,13-14H2,(H,15,16)/t9-,10+/m1/s1. The van der Waals surface area contributed by atoms with Crippen molar-refractivity contribution in [3.05, 3.63) is 35.9 Å². The van der Waals surface area contributed by atoms with E-state index in [1.54, 1.807) is 0 Å². The molecule has 2 atom stereocenters. The number of hydrogen-bond acceptors (Lipinski definition) is 5. The van der Waals surface area contributed by atoms with Crippen molar-refractivity contribution in [1.29, 1.82) is 0 Å². The second-order valence-corrected chi connectivity index (χ2v) is 3.88. The van der Waals surface area contributed by atoms with Gasteiger partial charge in [0.05, 0.1) is 0 Å². The highest BCUT2D eigenvalue weighted by molar-refractivity contribution is 5.78. The highest BCUT2D eigenvalue weighted by Gasteiger charge is 2.22. The van der Waals surface area contributed by atoms with Crippen molar-refractivity contribution in [2.75, 3.05) is 0 Å². The van der Waals surface area contributed by atoms with E-state index in [0.29, 0.717) is 0 Å². The third kappa shape index (κ3) is 4.52. The first-order valence-corrected chi connectivity index (χ1v) is 5.45. The third-order valence-electron chi connectivity index (χ3n) is 2.35. The highest BCUT2D eigenvalue weighted by atomic mass is 16.5. The maximum absolute atomic E-state index is 11.5. The number of carboxylic acids is 1. The average molecular weight is 252 g/mol. The van der Waals surface area contributed by atoms with Gasteiger partial charge in [0, 0.05) is 0 Å². The van der Waals surface area contributed by atoms with E-state index in [9.17, 15) is 9.59 Å². The van der Waals surface area contributed by atoms with E-state index in [1.807, 2.05) is 30.3 Å². The van der Waals surface area contributed by atoms with Crippen LogP contribution in [0.4, 0.5) is 0 Å². The first-order chi connectivity index (χ1) is 8.50. The molecule has 18 heavy (non-hydrogen) atoms. The van der Waals surface area contributed by atoms with Crippen LogP contribution in [0.25, 0.3) is 0 Å². The number of rotatable bonds is 6. The number of aliphatic carboxylic acids is 1. The molecular weight excluding hydrogens is 236 g/mol. The van der Waals surface area contributed by atoms with Crippen molar-refractivity contribution >= 4 is 11.9 Å². The van der Waals surface area contributed by atoms with E-state index in [2.05, 4.69) is 0 Å². The summed E-state index contributed by atoms with van der Waals surface area (Å²) in [5, 5.41) is 8.59. The fourth-order valence-corrected chi connectivity index (χ4v) is 1.31. The number of benzene rings is 1. The fourth-order valence-electron chi connectivity index (χ4n) is 1.31. The number of hydrogen-bond donors (Lipinski definition) is 3. The minimum Gasteiger partial charge on any atom is -0.480 e. The lowest BCUT2D eigenvalue weighted by Crippen LogP contribution is -2.41. The van der Waals surface area contributed by atoms with Gasteiger partial charge in [0.1, 0.15) is 18.7 Å². The summed E-state index contributed by atoms with van der Waals surface area (Å²) in [4.78, 5) is 22.0. The quantitative estimate of drug-likeness (QED) is 0.607. The number of nitrogens with two attached hydrogens (primary N) is 2. The molecule has 98 valence electrons. The summed E-state index contributed by atoms with van der Waals surface area (Å²) in [5.74, 6) is -1.85. The van der Waals surface area contributed by atoms with Gasteiger partial charge >= 0.3 is 11.9 Å². The molecule has 0 fully saturated rings. The summed E-state index contributed by atoms with van der Waals surface area (Å²) >= 11 is 0. The van der Waals surface area contributed by atoms with Gasteiger partial charge in [-0.2, -0.15) is 0 Å². The van der Waals surface area contributed by atoms with E-state index < -0.39 is 24.0 Å². The molecule has 1 rings (SSSR count). The van der Waals surface area contributed by atoms with E-state index in [0.717, 1.165) is 5.56 Å². The predicted molar refractivity (Wildman–Crippen MR) is 64.4 cm³/mol. The van der Waals surface area contributed by atoms with Crippen molar-refractivity contribution in [3.8, 4) is 0 Å². The average Bonchev–Trinajstić information content (AvgIpc) is 2.36. The van der Waals surface area contributed by atoms with Crippen LogP contribution in [0.3, 0.4) is 0 Å². The van der Waals surface area contributed by atoms with Crippen molar-refractivity contribution in [1.82, 2.24) is 0 Å². The molecule has 0 aliphatic heterocycles. The molecule has 6 nitrogen and oxygen atoms in total. The second-order valence-electron chi connectivity index (χ2n) is 3.88.